The minimum absolute atomic E-state index is 0.128. The van der Waals surface area contributed by atoms with Gasteiger partial charge in [-0.25, -0.2) is 14.4 Å². The summed E-state index contributed by atoms with van der Waals surface area (Å²) in [6, 6.07) is 4.96. The van der Waals surface area contributed by atoms with E-state index in [4.69, 9.17) is 0 Å². The van der Waals surface area contributed by atoms with Crippen LogP contribution in [0.3, 0.4) is 0 Å². The number of thioether (sulfide) groups is 1. The van der Waals surface area contributed by atoms with Gasteiger partial charge in [0.15, 0.2) is 5.16 Å². The van der Waals surface area contributed by atoms with E-state index in [0.29, 0.717) is 16.5 Å². The maximum atomic E-state index is 13.5. The second-order valence-electron chi connectivity index (χ2n) is 4.14. The van der Waals surface area contributed by atoms with Crippen molar-refractivity contribution in [1.29, 1.82) is 0 Å². The van der Waals surface area contributed by atoms with Gasteiger partial charge < -0.3 is 0 Å². The Kier molecular flexibility index (Phi) is 4.60. The van der Waals surface area contributed by atoms with Gasteiger partial charge in [0.25, 0.3) is 10.1 Å². The zero-order chi connectivity index (χ0) is 15.6. The molecule has 0 bridgehead atoms. The van der Waals surface area contributed by atoms with Crippen LogP contribution in [0.4, 0.5) is 4.39 Å². The van der Waals surface area contributed by atoms with E-state index >= 15 is 0 Å². The minimum Gasteiger partial charge on any atom is -0.270 e. The first-order valence-corrected chi connectivity index (χ1v) is 8.51. The highest BCUT2D eigenvalue weighted by Crippen LogP contribution is 2.29. The maximum absolute atomic E-state index is 13.5. The van der Waals surface area contributed by atoms with E-state index in [1.54, 1.807) is 19.2 Å². The number of aryl methyl sites for hydroxylation is 1. The predicted octanol–water partition coefficient (Wildman–Crippen LogP) is 2.65. The molecule has 1 aromatic carbocycles. The molecule has 0 N–H and O–H groups in total. The fourth-order valence-electron chi connectivity index (χ4n) is 1.78. The lowest BCUT2D eigenvalue weighted by Crippen LogP contribution is -2.06. The van der Waals surface area contributed by atoms with Crippen molar-refractivity contribution in [2.45, 2.75) is 17.0 Å². The SMILES string of the molecule is COS(=O)(=O)c1ccc(F)cc1-c1cc(C)nc(SC)n1. The van der Waals surface area contributed by atoms with Crippen LogP contribution in [0.5, 0.6) is 0 Å². The number of aromatic nitrogens is 2. The van der Waals surface area contributed by atoms with Crippen LogP contribution < -0.4 is 0 Å². The van der Waals surface area contributed by atoms with Gasteiger partial charge in [0.1, 0.15) is 10.7 Å². The van der Waals surface area contributed by atoms with Crippen molar-refractivity contribution in [3.8, 4) is 11.3 Å². The molecule has 0 amide bonds. The third-order valence-corrected chi connectivity index (χ3v) is 4.60. The van der Waals surface area contributed by atoms with E-state index in [2.05, 4.69) is 14.2 Å². The predicted molar refractivity (Wildman–Crippen MR) is 78.1 cm³/mol. The van der Waals surface area contributed by atoms with Gasteiger partial charge in [0, 0.05) is 11.3 Å². The van der Waals surface area contributed by atoms with Crippen LogP contribution in [-0.2, 0) is 14.3 Å². The van der Waals surface area contributed by atoms with Gasteiger partial charge >= 0.3 is 0 Å². The molecule has 112 valence electrons. The van der Waals surface area contributed by atoms with Crippen LogP contribution in [0.15, 0.2) is 34.3 Å². The van der Waals surface area contributed by atoms with Gasteiger partial charge in [-0.3, -0.25) is 4.18 Å². The van der Waals surface area contributed by atoms with Crippen molar-refractivity contribution < 1.29 is 17.0 Å². The average Bonchev–Trinajstić information content (AvgIpc) is 2.46. The Labute approximate surface area is 126 Å². The van der Waals surface area contributed by atoms with E-state index in [-0.39, 0.29) is 10.5 Å². The van der Waals surface area contributed by atoms with Crippen molar-refractivity contribution >= 4 is 21.9 Å². The molecule has 21 heavy (non-hydrogen) atoms. The average molecular weight is 328 g/mol. The minimum atomic E-state index is -3.96. The van der Waals surface area contributed by atoms with Gasteiger partial charge in [-0.05, 0) is 37.4 Å². The lowest BCUT2D eigenvalue weighted by atomic mass is 10.1. The molecule has 1 heterocycles. The van der Waals surface area contributed by atoms with E-state index in [1.807, 2.05) is 0 Å². The van der Waals surface area contributed by atoms with Crippen LogP contribution in [0.1, 0.15) is 5.69 Å². The molecule has 0 unspecified atom stereocenters. The molecule has 0 aliphatic rings. The maximum Gasteiger partial charge on any atom is 0.297 e. The first-order valence-electron chi connectivity index (χ1n) is 5.87. The molecule has 0 saturated heterocycles. The number of rotatable bonds is 4. The monoisotopic (exact) mass is 328 g/mol. The van der Waals surface area contributed by atoms with Crippen molar-refractivity contribution in [2.24, 2.45) is 0 Å². The fourth-order valence-corrected chi connectivity index (χ4v) is 3.05. The molecule has 0 aliphatic heterocycles. The number of hydrogen-bond acceptors (Lipinski definition) is 6. The Balaban J connectivity index is 2.74. The van der Waals surface area contributed by atoms with Gasteiger partial charge in [-0.15, -0.1) is 0 Å². The Hall–Kier alpha value is -1.51. The summed E-state index contributed by atoms with van der Waals surface area (Å²) in [4.78, 5) is 8.30. The number of hydrogen-bond donors (Lipinski definition) is 0. The second kappa shape index (κ2) is 6.08. The van der Waals surface area contributed by atoms with Crippen molar-refractivity contribution in [3.63, 3.8) is 0 Å². The lowest BCUT2D eigenvalue weighted by molar-refractivity contribution is 0.398. The number of nitrogens with zero attached hydrogens (tertiary/aromatic N) is 2. The van der Waals surface area contributed by atoms with E-state index in [9.17, 15) is 12.8 Å². The summed E-state index contributed by atoms with van der Waals surface area (Å²) < 4.78 is 41.9. The summed E-state index contributed by atoms with van der Waals surface area (Å²) in [5, 5.41) is 0.482. The largest absolute Gasteiger partial charge is 0.297 e. The zero-order valence-corrected chi connectivity index (χ0v) is 13.3. The van der Waals surface area contributed by atoms with Gasteiger partial charge in [0.2, 0.25) is 0 Å². The molecular weight excluding hydrogens is 315 g/mol. The fraction of sp³-hybridized carbons (Fsp3) is 0.231. The number of halogens is 1. The Bertz CT molecular complexity index is 779. The van der Waals surface area contributed by atoms with E-state index in [1.165, 1.54) is 17.8 Å². The summed E-state index contributed by atoms with van der Waals surface area (Å²) in [6.45, 7) is 1.76. The molecule has 0 fully saturated rings. The molecule has 0 atom stereocenters. The van der Waals surface area contributed by atoms with Crippen molar-refractivity contribution in [3.05, 3.63) is 35.8 Å². The molecule has 0 spiro atoms. The zero-order valence-electron chi connectivity index (χ0n) is 11.6. The van der Waals surface area contributed by atoms with E-state index < -0.39 is 15.9 Å². The highest BCUT2D eigenvalue weighted by Gasteiger charge is 2.21. The van der Waals surface area contributed by atoms with Crippen LogP contribution in [0.25, 0.3) is 11.3 Å². The number of benzene rings is 1. The molecule has 2 aromatic rings. The summed E-state index contributed by atoms with van der Waals surface area (Å²) >= 11 is 1.32. The van der Waals surface area contributed by atoms with E-state index in [0.717, 1.165) is 19.2 Å². The molecular formula is C13H13FN2O3S2. The third-order valence-electron chi connectivity index (χ3n) is 2.72. The molecule has 5 nitrogen and oxygen atoms in total. The standard InChI is InChI=1S/C13H13FN2O3S2/c1-8-6-11(16-13(15-8)20-3)10-7-9(14)4-5-12(10)21(17,18)19-2/h4-7H,1-3H3. The molecule has 0 saturated carbocycles. The lowest BCUT2D eigenvalue weighted by Gasteiger charge is -2.10. The Morgan fingerprint density at radius 2 is 1.95 bits per heavy atom. The highest BCUT2D eigenvalue weighted by molar-refractivity contribution is 7.98. The Morgan fingerprint density at radius 3 is 2.57 bits per heavy atom. The van der Waals surface area contributed by atoms with Gasteiger partial charge in [0.05, 0.1) is 12.8 Å². The summed E-state index contributed by atoms with van der Waals surface area (Å²) in [7, 11) is -2.90. The molecule has 2 rings (SSSR count). The molecule has 8 heteroatoms. The van der Waals surface area contributed by atoms with Crippen LogP contribution in [0, 0.1) is 12.7 Å². The topological polar surface area (TPSA) is 69.2 Å². The molecule has 0 radical (unpaired) electrons. The van der Waals surface area contributed by atoms with Crippen LogP contribution in [0.2, 0.25) is 0 Å². The molecule has 0 aliphatic carbocycles. The van der Waals surface area contributed by atoms with Crippen LogP contribution >= 0.6 is 11.8 Å². The van der Waals surface area contributed by atoms with Crippen molar-refractivity contribution in [2.75, 3.05) is 13.4 Å². The highest BCUT2D eigenvalue weighted by atomic mass is 32.2. The van der Waals surface area contributed by atoms with Crippen molar-refractivity contribution in [1.82, 2.24) is 9.97 Å². The first kappa shape index (κ1) is 15.9. The summed E-state index contributed by atoms with van der Waals surface area (Å²) in [6.07, 6.45) is 1.80. The third kappa shape index (κ3) is 3.39. The smallest absolute Gasteiger partial charge is 0.270 e. The molecule has 1 aromatic heterocycles. The quantitative estimate of drug-likeness (QED) is 0.488. The summed E-state index contributed by atoms with van der Waals surface area (Å²) in [5.74, 6) is -0.554. The van der Waals surface area contributed by atoms with Gasteiger partial charge in [-0.1, -0.05) is 11.8 Å². The summed E-state index contributed by atoms with van der Waals surface area (Å²) in [5.41, 5.74) is 1.15. The van der Waals surface area contributed by atoms with Crippen LogP contribution in [-0.4, -0.2) is 31.8 Å². The van der Waals surface area contributed by atoms with Gasteiger partial charge in [-0.2, -0.15) is 8.42 Å². The normalized spacial score (nSPS) is 11.6. The second-order valence-corrected chi connectivity index (χ2v) is 6.60. The first-order chi connectivity index (χ1) is 9.87. The Morgan fingerprint density at radius 1 is 1.24 bits per heavy atom.